The Balaban J connectivity index is 2.17. The number of hydrogen-bond acceptors (Lipinski definition) is 1. The van der Waals surface area contributed by atoms with E-state index in [1.54, 1.807) is 0 Å². The zero-order valence-electron chi connectivity index (χ0n) is 4.84. The van der Waals surface area contributed by atoms with E-state index in [2.05, 4.69) is 6.08 Å². The maximum absolute atomic E-state index is 5.29. The molecule has 44 valence electrons. The fourth-order valence-electron chi connectivity index (χ4n) is 1.54. The van der Waals surface area contributed by atoms with Crippen molar-refractivity contribution in [3.63, 3.8) is 0 Å². The van der Waals surface area contributed by atoms with E-state index in [-0.39, 0.29) is 0 Å². The molecular weight excluding hydrogens is 100 g/mol. The second kappa shape index (κ2) is 1.51. The molecule has 1 heterocycles. The van der Waals surface area contributed by atoms with Gasteiger partial charge in [-0.3, -0.25) is 0 Å². The van der Waals surface area contributed by atoms with Gasteiger partial charge in [0.05, 0.1) is 12.4 Å². The standard InChI is InChI=1S/C7H10O/c1-2-7-5-6(1)3-4-8-7/h3-4,6-7H,1-2,5H2. The molecule has 0 N–H and O–H groups in total. The molecule has 0 aromatic carbocycles. The Morgan fingerprint density at radius 2 is 2.38 bits per heavy atom. The van der Waals surface area contributed by atoms with E-state index >= 15 is 0 Å². The van der Waals surface area contributed by atoms with Gasteiger partial charge in [0.1, 0.15) is 0 Å². The monoisotopic (exact) mass is 110 g/mol. The topological polar surface area (TPSA) is 9.23 Å². The van der Waals surface area contributed by atoms with Crippen LogP contribution >= 0.6 is 0 Å². The van der Waals surface area contributed by atoms with Crippen molar-refractivity contribution in [2.75, 3.05) is 0 Å². The largest absolute Gasteiger partial charge is 0.498 e. The first-order valence-electron chi connectivity index (χ1n) is 3.27. The highest BCUT2D eigenvalue weighted by molar-refractivity contribution is 4.95. The highest BCUT2D eigenvalue weighted by atomic mass is 16.5. The van der Waals surface area contributed by atoms with Crippen molar-refractivity contribution >= 4 is 0 Å². The van der Waals surface area contributed by atoms with Crippen LogP contribution in [-0.4, -0.2) is 6.10 Å². The minimum Gasteiger partial charge on any atom is -0.498 e. The molecule has 8 heavy (non-hydrogen) atoms. The third-order valence-electron chi connectivity index (χ3n) is 2.05. The van der Waals surface area contributed by atoms with Gasteiger partial charge in [-0.05, 0) is 31.3 Å². The summed E-state index contributed by atoms with van der Waals surface area (Å²) in [5, 5.41) is 0. The highest BCUT2D eigenvalue weighted by Crippen LogP contribution is 2.32. The lowest BCUT2D eigenvalue weighted by Crippen LogP contribution is -2.07. The molecule has 2 aliphatic rings. The van der Waals surface area contributed by atoms with Crippen LogP contribution in [0.5, 0.6) is 0 Å². The van der Waals surface area contributed by atoms with Crippen molar-refractivity contribution in [1.82, 2.24) is 0 Å². The van der Waals surface area contributed by atoms with Crippen molar-refractivity contribution < 1.29 is 4.74 Å². The molecule has 1 fully saturated rings. The molecule has 0 aromatic heterocycles. The van der Waals surface area contributed by atoms with Gasteiger partial charge in [0.25, 0.3) is 0 Å². The molecule has 2 unspecified atom stereocenters. The zero-order valence-corrected chi connectivity index (χ0v) is 4.84. The lowest BCUT2D eigenvalue weighted by Gasteiger charge is -2.13. The van der Waals surface area contributed by atoms with Gasteiger partial charge in [-0.2, -0.15) is 0 Å². The summed E-state index contributed by atoms with van der Waals surface area (Å²) in [4.78, 5) is 0. The van der Waals surface area contributed by atoms with Crippen molar-refractivity contribution in [2.24, 2.45) is 5.92 Å². The van der Waals surface area contributed by atoms with Crippen LogP contribution < -0.4 is 0 Å². The molecule has 1 heteroatoms. The minimum atomic E-state index is 0.574. The molecule has 0 radical (unpaired) electrons. The summed E-state index contributed by atoms with van der Waals surface area (Å²) in [7, 11) is 0. The number of rotatable bonds is 0. The molecule has 2 rings (SSSR count). The van der Waals surface area contributed by atoms with Gasteiger partial charge in [0.15, 0.2) is 0 Å². The van der Waals surface area contributed by atoms with Gasteiger partial charge in [0, 0.05) is 0 Å². The molecule has 1 nitrogen and oxygen atoms in total. The average molecular weight is 110 g/mol. The fraction of sp³-hybridized carbons (Fsp3) is 0.714. The maximum Gasteiger partial charge on any atom is 0.0984 e. The first kappa shape index (κ1) is 4.42. The predicted molar refractivity (Wildman–Crippen MR) is 31.4 cm³/mol. The summed E-state index contributed by atoms with van der Waals surface area (Å²) < 4.78 is 5.29. The molecule has 2 bridgehead atoms. The van der Waals surface area contributed by atoms with Gasteiger partial charge in [-0.1, -0.05) is 0 Å². The van der Waals surface area contributed by atoms with Crippen LogP contribution in [0.3, 0.4) is 0 Å². The second-order valence-corrected chi connectivity index (χ2v) is 2.66. The second-order valence-electron chi connectivity index (χ2n) is 2.66. The maximum atomic E-state index is 5.29. The van der Waals surface area contributed by atoms with E-state index in [0.717, 1.165) is 5.92 Å². The summed E-state index contributed by atoms with van der Waals surface area (Å²) in [6.45, 7) is 0. The third kappa shape index (κ3) is 0.540. The molecular formula is C7H10O. The third-order valence-corrected chi connectivity index (χ3v) is 2.05. The molecule has 1 aliphatic heterocycles. The summed E-state index contributed by atoms with van der Waals surface area (Å²) in [5.41, 5.74) is 0. The Bertz CT molecular complexity index is 118. The van der Waals surface area contributed by atoms with Crippen LogP contribution in [0.1, 0.15) is 19.3 Å². The van der Waals surface area contributed by atoms with Gasteiger partial charge >= 0.3 is 0 Å². The number of hydrogen-bond donors (Lipinski definition) is 0. The summed E-state index contributed by atoms with van der Waals surface area (Å²) in [5.74, 6) is 0.855. The number of ether oxygens (including phenoxy) is 1. The van der Waals surface area contributed by atoms with Crippen LogP contribution in [0.2, 0.25) is 0 Å². The first-order chi connectivity index (χ1) is 3.95. The molecule has 0 saturated heterocycles. The minimum absolute atomic E-state index is 0.574. The molecule has 0 spiro atoms. The van der Waals surface area contributed by atoms with E-state index in [4.69, 9.17) is 4.74 Å². The molecule has 2 atom stereocenters. The molecule has 0 aromatic rings. The molecule has 1 aliphatic carbocycles. The van der Waals surface area contributed by atoms with E-state index in [1.807, 2.05) is 6.26 Å². The number of allylic oxidation sites excluding steroid dienone is 1. The predicted octanol–water partition coefficient (Wildman–Crippen LogP) is 1.70. The lowest BCUT2D eigenvalue weighted by atomic mass is 10.1. The summed E-state index contributed by atoms with van der Waals surface area (Å²) in [6, 6.07) is 0. The van der Waals surface area contributed by atoms with E-state index in [0.29, 0.717) is 6.10 Å². The highest BCUT2D eigenvalue weighted by Gasteiger charge is 2.25. The van der Waals surface area contributed by atoms with E-state index in [1.165, 1.54) is 19.3 Å². The summed E-state index contributed by atoms with van der Waals surface area (Å²) in [6.07, 6.45) is 8.52. The Kier molecular flexibility index (Phi) is 0.833. The van der Waals surface area contributed by atoms with Crippen molar-refractivity contribution in [3.05, 3.63) is 12.3 Å². The SMILES string of the molecule is C1=CC2CCC(C2)O1. The van der Waals surface area contributed by atoms with Gasteiger partial charge in [0.2, 0.25) is 0 Å². The number of fused-ring (bicyclic) bond motifs is 2. The smallest absolute Gasteiger partial charge is 0.0984 e. The fourth-order valence-corrected chi connectivity index (χ4v) is 1.54. The van der Waals surface area contributed by atoms with Crippen LogP contribution in [0.25, 0.3) is 0 Å². The first-order valence-corrected chi connectivity index (χ1v) is 3.27. The zero-order chi connectivity index (χ0) is 5.40. The average Bonchev–Trinajstić information content (AvgIpc) is 2.12. The Morgan fingerprint density at radius 1 is 1.38 bits per heavy atom. The van der Waals surface area contributed by atoms with Crippen LogP contribution in [0, 0.1) is 5.92 Å². The van der Waals surface area contributed by atoms with Gasteiger partial charge in [-0.15, -0.1) is 0 Å². The van der Waals surface area contributed by atoms with Crippen LogP contribution in [0.15, 0.2) is 12.3 Å². The van der Waals surface area contributed by atoms with E-state index < -0.39 is 0 Å². The Morgan fingerprint density at radius 3 is 3.12 bits per heavy atom. The van der Waals surface area contributed by atoms with E-state index in [9.17, 15) is 0 Å². The van der Waals surface area contributed by atoms with Gasteiger partial charge < -0.3 is 4.74 Å². The van der Waals surface area contributed by atoms with Crippen molar-refractivity contribution in [3.8, 4) is 0 Å². The Hall–Kier alpha value is -0.460. The van der Waals surface area contributed by atoms with Crippen LogP contribution in [0.4, 0.5) is 0 Å². The quantitative estimate of drug-likeness (QED) is 0.461. The van der Waals surface area contributed by atoms with Crippen molar-refractivity contribution in [1.29, 1.82) is 0 Å². The van der Waals surface area contributed by atoms with Crippen molar-refractivity contribution in [2.45, 2.75) is 25.4 Å². The normalized spacial score (nSPS) is 42.0. The van der Waals surface area contributed by atoms with Crippen LogP contribution in [-0.2, 0) is 4.74 Å². The van der Waals surface area contributed by atoms with Gasteiger partial charge in [-0.25, -0.2) is 0 Å². The lowest BCUT2D eigenvalue weighted by molar-refractivity contribution is 0.138. The summed E-state index contributed by atoms with van der Waals surface area (Å²) >= 11 is 0. The Labute approximate surface area is 49.3 Å². The molecule has 0 amide bonds. The molecule has 1 saturated carbocycles.